The Morgan fingerprint density at radius 3 is 2.00 bits per heavy atom. The van der Waals surface area contributed by atoms with Crippen LogP contribution in [0.25, 0.3) is 5.69 Å². The van der Waals surface area contributed by atoms with Crippen molar-refractivity contribution in [2.24, 2.45) is 0 Å². The molecule has 1 heterocycles. The summed E-state index contributed by atoms with van der Waals surface area (Å²) in [6, 6.07) is 18.6. The molecule has 0 aliphatic heterocycles. The summed E-state index contributed by atoms with van der Waals surface area (Å²) in [7, 11) is 0. The first-order valence-corrected chi connectivity index (χ1v) is 11.1. The molecule has 0 radical (unpaired) electrons. The normalized spacial score (nSPS) is 12.7. The van der Waals surface area contributed by atoms with Crippen LogP contribution in [0, 0.1) is 6.92 Å². The number of para-hydroxylation sites is 1. The molecule has 0 bridgehead atoms. The van der Waals surface area contributed by atoms with Gasteiger partial charge >= 0.3 is 0 Å². The second-order valence-corrected chi connectivity index (χ2v) is 8.73. The lowest BCUT2D eigenvalue weighted by atomic mass is 10.0. The Kier molecular flexibility index (Phi) is 7.48. The SMILES string of the molecule is Cc1c(C(=O)c2ccccc2)c(=O)n(-c2ccccc2)n1C[C@H](O)CN(C(C)C)C(C)C. The predicted octanol–water partition coefficient (Wildman–Crippen LogP) is 3.66. The van der Waals surface area contributed by atoms with E-state index in [0.717, 1.165) is 0 Å². The molecule has 2 aromatic carbocycles. The lowest BCUT2D eigenvalue weighted by molar-refractivity contribution is 0.0615. The van der Waals surface area contributed by atoms with Gasteiger partial charge in [0.05, 0.1) is 18.3 Å². The average Bonchev–Trinajstić information content (AvgIpc) is 3.01. The van der Waals surface area contributed by atoms with Crippen LogP contribution in [0.1, 0.15) is 49.3 Å². The van der Waals surface area contributed by atoms with Crippen molar-refractivity contribution in [2.75, 3.05) is 6.54 Å². The number of rotatable bonds is 9. The zero-order valence-electron chi connectivity index (χ0n) is 19.5. The molecule has 170 valence electrons. The Morgan fingerprint density at radius 1 is 0.938 bits per heavy atom. The van der Waals surface area contributed by atoms with E-state index in [1.54, 1.807) is 35.9 Å². The van der Waals surface area contributed by atoms with E-state index in [-0.39, 0.29) is 35.5 Å². The molecule has 6 heteroatoms. The van der Waals surface area contributed by atoms with Crippen molar-refractivity contribution in [1.82, 2.24) is 14.3 Å². The van der Waals surface area contributed by atoms with Crippen LogP contribution in [0.5, 0.6) is 0 Å². The summed E-state index contributed by atoms with van der Waals surface area (Å²) in [5.74, 6) is -0.308. The van der Waals surface area contributed by atoms with Crippen LogP contribution in [0.4, 0.5) is 0 Å². The van der Waals surface area contributed by atoms with E-state index in [1.165, 1.54) is 4.68 Å². The number of carbonyl (C=O) groups is 1. The van der Waals surface area contributed by atoms with Gasteiger partial charge in [-0.3, -0.25) is 19.2 Å². The van der Waals surface area contributed by atoms with Crippen LogP contribution in [0.15, 0.2) is 65.5 Å². The van der Waals surface area contributed by atoms with Crippen molar-refractivity contribution in [3.05, 3.63) is 87.8 Å². The first kappa shape index (κ1) is 23.7. The topological polar surface area (TPSA) is 67.5 Å². The van der Waals surface area contributed by atoms with Gasteiger partial charge in [0.2, 0.25) is 0 Å². The van der Waals surface area contributed by atoms with E-state index in [2.05, 4.69) is 32.6 Å². The maximum absolute atomic E-state index is 13.5. The summed E-state index contributed by atoms with van der Waals surface area (Å²) in [6.45, 7) is 10.8. The van der Waals surface area contributed by atoms with Gasteiger partial charge in [0, 0.05) is 29.9 Å². The standard InChI is InChI=1S/C26H33N3O3/c1-18(2)27(19(3)4)16-23(30)17-28-20(5)24(25(31)21-12-8-6-9-13-21)26(32)29(28)22-14-10-7-11-15-22/h6-15,18-19,23,30H,16-17H2,1-5H3/t23-/m1/s1. The lowest BCUT2D eigenvalue weighted by Crippen LogP contribution is -2.43. The van der Waals surface area contributed by atoms with Gasteiger partial charge < -0.3 is 5.11 Å². The number of aliphatic hydroxyl groups is 1. The van der Waals surface area contributed by atoms with Crippen molar-refractivity contribution >= 4 is 5.78 Å². The van der Waals surface area contributed by atoms with Gasteiger partial charge in [-0.2, -0.15) is 0 Å². The zero-order valence-corrected chi connectivity index (χ0v) is 19.5. The largest absolute Gasteiger partial charge is 0.390 e. The number of aliphatic hydroxyl groups excluding tert-OH is 1. The van der Waals surface area contributed by atoms with Crippen LogP contribution < -0.4 is 5.56 Å². The first-order valence-electron chi connectivity index (χ1n) is 11.1. The van der Waals surface area contributed by atoms with Crippen molar-refractivity contribution in [3.8, 4) is 5.69 Å². The quantitative estimate of drug-likeness (QED) is 0.521. The van der Waals surface area contributed by atoms with Crippen LogP contribution in [0.3, 0.4) is 0 Å². The van der Waals surface area contributed by atoms with Crippen molar-refractivity contribution in [1.29, 1.82) is 0 Å². The summed E-state index contributed by atoms with van der Waals surface area (Å²) in [5.41, 5.74) is 1.43. The van der Waals surface area contributed by atoms with Gasteiger partial charge in [-0.1, -0.05) is 48.5 Å². The number of hydrogen-bond donors (Lipinski definition) is 1. The number of nitrogens with zero attached hydrogens (tertiary/aromatic N) is 3. The van der Waals surface area contributed by atoms with E-state index in [4.69, 9.17) is 0 Å². The van der Waals surface area contributed by atoms with Gasteiger partial charge in [0.15, 0.2) is 5.78 Å². The monoisotopic (exact) mass is 435 g/mol. The highest BCUT2D eigenvalue weighted by Crippen LogP contribution is 2.17. The Balaban J connectivity index is 2.07. The Bertz CT molecular complexity index is 1090. The van der Waals surface area contributed by atoms with Crippen LogP contribution in [0.2, 0.25) is 0 Å². The Labute approximate surface area is 189 Å². The second kappa shape index (κ2) is 10.1. The number of carbonyl (C=O) groups excluding carboxylic acids is 1. The van der Waals surface area contributed by atoms with Crippen LogP contribution in [-0.4, -0.2) is 49.9 Å². The molecular weight excluding hydrogens is 402 g/mol. The molecule has 32 heavy (non-hydrogen) atoms. The summed E-state index contributed by atoms with van der Waals surface area (Å²) in [4.78, 5) is 28.9. The first-order chi connectivity index (χ1) is 15.2. The molecule has 0 fully saturated rings. The molecular formula is C26H33N3O3. The van der Waals surface area contributed by atoms with Gasteiger partial charge in [-0.25, -0.2) is 4.68 Å². The molecule has 0 unspecified atom stereocenters. The highest BCUT2D eigenvalue weighted by molar-refractivity contribution is 6.09. The van der Waals surface area contributed by atoms with Gasteiger partial charge in [-0.15, -0.1) is 0 Å². The number of benzene rings is 2. The molecule has 1 N–H and O–H groups in total. The molecule has 0 saturated heterocycles. The molecule has 1 aromatic heterocycles. The molecule has 6 nitrogen and oxygen atoms in total. The maximum Gasteiger partial charge on any atom is 0.282 e. The van der Waals surface area contributed by atoms with E-state index in [0.29, 0.717) is 23.5 Å². The van der Waals surface area contributed by atoms with Crippen LogP contribution >= 0.6 is 0 Å². The Hall–Kier alpha value is -2.96. The number of aromatic nitrogens is 2. The van der Waals surface area contributed by atoms with E-state index < -0.39 is 6.10 Å². The molecule has 1 atom stereocenters. The molecule has 0 saturated carbocycles. The maximum atomic E-state index is 13.5. The lowest BCUT2D eigenvalue weighted by Gasteiger charge is -2.32. The highest BCUT2D eigenvalue weighted by atomic mass is 16.3. The van der Waals surface area contributed by atoms with Gasteiger partial charge in [0.25, 0.3) is 5.56 Å². The van der Waals surface area contributed by atoms with Crippen LogP contribution in [-0.2, 0) is 6.54 Å². The summed E-state index contributed by atoms with van der Waals surface area (Å²) >= 11 is 0. The van der Waals surface area contributed by atoms with Crippen molar-refractivity contribution in [2.45, 2.75) is 59.4 Å². The minimum absolute atomic E-state index is 0.136. The fraction of sp³-hybridized carbons (Fsp3) is 0.385. The third kappa shape index (κ3) is 4.92. The summed E-state index contributed by atoms with van der Waals surface area (Å²) in [5, 5.41) is 11.0. The molecule has 0 aliphatic rings. The minimum atomic E-state index is -0.708. The zero-order chi connectivity index (χ0) is 23.4. The molecule has 0 spiro atoms. The molecule has 3 aromatic rings. The summed E-state index contributed by atoms with van der Waals surface area (Å²) in [6.07, 6.45) is -0.708. The summed E-state index contributed by atoms with van der Waals surface area (Å²) < 4.78 is 3.24. The van der Waals surface area contributed by atoms with Crippen molar-refractivity contribution < 1.29 is 9.90 Å². The molecule has 0 amide bonds. The van der Waals surface area contributed by atoms with E-state index in [9.17, 15) is 14.7 Å². The highest BCUT2D eigenvalue weighted by Gasteiger charge is 2.26. The van der Waals surface area contributed by atoms with Gasteiger partial charge in [0.1, 0.15) is 5.56 Å². The average molecular weight is 436 g/mol. The van der Waals surface area contributed by atoms with E-state index >= 15 is 0 Å². The fourth-order valence-corrected chi connectivity index (χ4v) is 4.21. The molecule has 0 aliphatic carbocycles. The molecule has 3 rings (SSSR count). The van der Waals surface area contributed by atoms with Gasteiger partial charge in [-0.05, 0) is 46.8 Å². The number of ketones is 1. The second-order valence-electron chi connectivity index (χ2n) is 8.73. The Morgan fingerprint density at radius 2 is 1.47 bits per heavy atom. The van der Waals surface area contributed by atoms with Crippen molar-refractivity contribution in [3.63, 3.8) is 0 Å². The van der Waals surface area contributed by atoms with E-state index in [1.807, 2.05) is 36.4 Å². The fourth-order valence-electron chi connectivity index (χ4n) is 4.21. The minimum Gasteiger partial charge on any atom is -0.390 e. The third-order valence-electron chi connectivity index (χ3n) is 5.79. The number of hydrogen-bond acceptors (Lipinski definition) is 4. The predicted molar refractivity (Wildman–Crippen MR) is 128 cm³/mol. The smallest absolute Gasteiger partial charge is 0.282 e. The third-order valence-corrected chi connectivity index (χ3v) is 5.79.